The average molecular weight is 304 g/mol. The zero-order valence-electron chi connectivity index (χ0n) is 11.1. The number of anilines is 1. The number of para-hydroxylation sites is 1. The van der Waals surface area contributed by atoms with Gasteiger partial charge < -0.3 is 10.3 Å². The molecule has 0 atom stereocenters. The lowest BCUT2D eigenvalue weighted by molar-refractivity contribution is 0.432. The summed E-state index contributed by atoms with van der Waals surface area (Å²) < 4.78 is 18.6. The van der Waals surface area contributed by atoms with E-state index < -0.39 is 0 Å². The van der Waals surface area contributed by atoms with Crippen LogP contribution in [0.1, 0.15) is 5.56 Å². The number of benzene rings is 2. The quantitative estimate of drug-likeness (QED) is 0.724. The smallest absolute Gasteiger partial charge is 0.260 e. The summed E-state index contributed by atoms with van der Waals surface area (Å²) in [6, 6.07) is 9.56. The first-order valence-electron chi connectivity index (χ1n) is 6.21. The van der Waals surface area contributed by atoms with E-state index in [1.807, 2.05) is 6.92 Å². The molecule has 0 unspecified atom stereocenters. The van der Waals surface area contributed by atoms with Crippen molar-refractivity contribution in [2.24, 2.45) is 0 Å². The summed E-state index contributed by atoms with van der Waals surface area (Å²) in [6.45, 7) is 1.85. The Morgan fingerprint density at radius 3 is 2.81 bits per heavy atom. The third-order valence-corrected chi connectivity index (χ3v) is 3.48. The Morgan fingerprint density at radius 1 is 1.19 bits per heavy atom. The SMILES string of the molecule is Cc1ccc(F)cc1-c1noc(-c2cccc(Cl)c2N)n1. The normalized spacial score (nSPS) is 10.8. The van der Waals surface area contributed by atoms with Crippen molar-refractivity contribution in [1.29, 1.82) is 0 Å². The second-order valence-electron chi connectivity index (χ2n) is 4.58. The number of rotatable bonds is 2. The molecule has 0 bridgehead atoms. The van der Waals surface area contributed by atoms with Crippen LogP contribution in [0.3, 0.4) is 0 Å². The minimum atomic E-state index is -0.357. The van der Waals surface area contributed by atoms with Crippen LogP contribution in [0.25, 0.3) is 22.8 Å². The van der Waals surface area contributed by atoms with Gasteiger partial charge in [0.25, 0.3) is 5.89 Å². The zero-order chi connectivity index (χ0) is 15.0. The molecule has 0 aliphatic carbocycles. The van der Waals surface area contributed by atoms with Crippen LogP contribution in [-0.2, 0) is 0 Å². The molecule has 0 spiro atoms. The summed E-state index contributed by atoms with van der Waals surface area (Å²) in [5.74, 6) is 0.194. The van der Waals surface area contributed by atoms with Crippen molar-refractivity contribution in [2.45, 2.75) is 6.92 Å². The Morgan fingerprint density at radius 2 is 2.00 bits per heavy atom. The lowest BCUT2D eigenvalue weighted by Gasteiger charge is -2.02. The van der Waals surface area contributed by atoms with Gasteiger partial charge in [0.05, 0.1) is 16.3 Å². The van der Waals surface area contributed by atoms with E-state index in [9.17, 15) is 4.39 Å². The first-order chi connectivity index (χ1) is 10.1. The van der Waals surface area contributed by atoms with Crippen molar-refractivity contribution in [1.82, 2.24) is 10.1 Å². The molecule has 4 nitrogen and oxygen atoms in total. The number of halogens is 2. The largest absolute Gasteiger partial charge is 0.397 e. The van der Waals surface area contributed by atoms with E-state index in [1.54, 1.807) is 24.3 Å². The lowest BCUT2D eigenvalue weighted by atomic mass is 10.1. The number of nitrogens with two attached hydrogens (primary N) is 1. The standard InChI is InChI=1S/C15H11ClFN3O/c1-8-5-6-9(17)7-11(8)14-19-15(21-20-14)10-3-2-4-12(16)13(10)18/h2-7H,18H2,1H3. The van der Waals surface area contributed by atoms with Crippen LogP contribution in [0.15, 0.2) is 40.9 Å². The molecule has 0 saturated carbocycles. The lowest BCUT2D eigenvalue weighted by Crippen LogP contribution is -1.91. The molecule has 6 heteroatoms. The first kappa shape index (κ1) is 13.6. The Hall–Kier alpha value is -2.40. The first-order valence-corrected chi connectivity index (χ1v) is 6.58. The minimum absolute atomic E-state index is 0.244. The summed E-state index contributed by atoms with van der Waals surface area (Å²) in [6.07, 6.45) is 0. The highest BCUT2D eigenvalue weighted by Crippen LogP contribution is 2.32. The molecule has 0 saturated heterocycles. The second-order valence-corrected chi connectivity index (χ2v) is 4.99. The van der Waals surface area contributed by atoms with Crippen LogP contribution in [0.2, 0.25) is 5.02 Å². The molecule has 2 aromatic carbocycles. The van der Waals surface area contributed by atoms with Gasteiger partial charge in [-0.05, 0) is 36.8 Å². The average Bonchev–Trinajstić information content (AvgIpc) is 2.94. The summed E-state index contributed by atoms with van der Waals surface area (Å²) in [5.41, 5.74) is 8.24. The number of aromatic nitrogens is 2. The fourth-order valence-electron chi connectivity index (χ4n) is 2.00. The Balaban J connectivity index is 2.08. The van der Waals surface area contributed by atoms with Gasteiger partial charge in [-0.1, -0.05) is 28.9 Å². The highest BCUT2D eigenvalue weighted by Gasteiger charge is 2.16. The van der Waals surface area contributed by atoms with Crippen molar-refractivity contribution >= 4 is 17.3 Å². The topological polar surface area (TPSA) is 64.9 Å². The second kappa shape index (κ2) is 5.18. The van der Waals surface area contributed by atoms with Crippen LogP contribution in [-0.4, -0.2) is 10.1 Å². The number of nitrogen functional groups attached to an aromatic ring is 1. The maximum absolute atomic E-state index is 13.4. The van der Waals surface area contributed by atoms with E-state index in [0.29, 0.717) is 27.7 Å². The number of hydrogen-bond donors (Lipinski definition) is 1. The van der Waals surface area contributed by atoms with Gasteiger partial charge in [0.15, 0.2) is 0 Å². The summed E-state index contributed by atoms with van der Waals surface area (Å²) in [7, 11) is 0. The van der Waals surface area contributed by atoms with Crippen molar-refractivity contribution in [3.8, 4) is 22.8 Å². The van der Waals surface area contributed by atoms with Gasteiger partial charge in [-0.2, -0.15) is 4.98 Å². The molecule has 106 valence electrons. The molecule has 0 aliphatic rings. The van der Waals surface area contributed by atoms with Crippen LogP contribution >= 0.6 is 11.6 Å². The molecule has 0 amide bonds. The monoisotopic (exact) mass is 303 g/mol. The third kappa shape index (κ3) is 2.48. The summed E-state index contributed by atoms with van der Waals surface area (Å²) in [5, 5.41) is 4.30. The van der Waals surface area contributed by atoms with E-state index in [1.165, 1.54) is 12.1 Å². The summed E-state index contributed by atoms with van der Waals surface area (Å²) in [4.78, 5) is 4.27. The molecule has 1 heterocycles. The van der Waals surface area contributed by atoms with Gasteiger partial charge in [-0.3, -0.25) is 0 Å². The molecule has 0 fully saturated rings. The van der Waals surface area contributed by atoms with Crippen LogP contribution in [0, 0.1) is 12.7 Å². The zero-order valence-corrected chi connectivity index (χ0v) is 11.9. The molecule has 0 aliphatic heterocycles. The molecule has 3 aromatic rings. The van der Waals surface area contributed by atoms with Crippen LogP contribution < -0.4 is 5.73 Å². The fourth-order valence-corrected chi connectivity index (χ4v) is 2.18. The van der Waals surface area contributed by atoms with Crippen molar-refractivity contribution < 1.29 is 8.91 Å². The van der Waals surface area contributed by atoms with Gasteiger partial charge in [-0.25, -0.2) is 4.39 Å². The number of aryl methyl sites for hydroxylation is 1. The molecule has 3 rings (SSSR count). The highest BCUT2D eigenvalue weighted by atomic mass is 35.5. The minimum Gasteiger partial charge on any atom is -0.397 e. The van der Waals surface area contributed by atoms with Crippen molar-refractivity contribution in [3.05, 3.63) is 52.8 Å². The van der Waals surface area contributed by atoms with E-state index in [4.69, 9.17) is 21.9 Å². The maximum Gasteiger partial charge on any atom is 0.260 e. The van der Waals surface area contributed by atoms with Crippen LogP contribution in [0.4, 0.5) is 10.1 Å². The number of hydrogen-bond acceptors (Lipinski definition) is 4. The molecule has 1 aromatic heterocycles. The maximum atomic E-state index is 13.4. The molecule has 21 heavy (non-hydrogen) atoms. The fraction of sp³-hybridized carbons (Fsp3) is 0.0667. The molecule has 0 radical (unpaired) electrons. The van der Waals surface area contributed by atoms with Crippen molar-refractivity contribution in [2.75, 3.05) is 5.73 Å². The highest BCUT2D eigenvalue weighted by molar-refractivity contribution is 6.33. The van der Waals surface area contributed by atoms with Gasteiger partial charge >= 0.3 is 0 Å². The summed E-state index contributed by atoms with van der Waals surface area (Å²) >= 11 is 5.97. The Labute approximate surface area is 125 Å². The van der Waals surface area contributed by atoms with Crippen molar-refractivity contribution in [3.63, 3.8) is 0 Å². The van der Waals surface area contributed by atoms with E-state index in [2.05, 4.69) is 10.1 Å². The van der Waals surface area contributed by atoms with Crippen LogP contribution in [0.5, 0.6) is 0 Å². The molecular formula is C15H11ClFN3O. The van der Waals surface area contributed by atoms with Gasteiger partial charge in [0.2, 0.25) is 5.82 Å². The Kier molecular flexibility index (Phi) is 3.35. The molecular weight excluding hydrogens is 293 g/mol. The van der Waals surface area contributed by atoms with E-state index in [0.717, 1.165) is 5.56 Å². The van der Waals surface area contributed by atoms with Gasteiger partial charge in [0.1, 0.15) is 5.82 Å². The number of nitrogens with zero attached hydrogens (tertiary/aromatic N) is 2. The third-order valence-electron chi connectivity index (χ3n) is 3.15. The van der Waals surface area contributed by atoms with E-state index >= 15 is 0 Å². The van der Waals surface area contributed by atoms with E-state index in [-0.39, 0.29) is 11.7 Å². The van der Waals surface area contributed by atoms with Gasteiger partial charge in [-0.15, -0.1) is 0 Å². The predicted octanol–water partition coefficient (Wildman–Crippen LogP) is 4.09. The Bertz CT molecular complexity index is 800. The van der Waals surface area contributed by atoms with Gasteiger partial charge in [0, 0.05) is 5.56 Å². The predicted molar refractivity (Wildman–Crippen MR) is 79.3 cm³/mol. The molecule has 2 N–H and O–H groups in total.